The number of anilines is 1. The van der Waals surface area contributed by atoms with Crippen molar-refractivity contribution in [2.75, 3.05) is 38.6 Å². The molecule has 3 rings (SSSR count). The maximum atomic E-state index is 13.0. The Morgan fingerprint density at radius 2 is 1.93 bits per heavy atom. The molecule has 0 radical (unpaired) electrons. The summed E-state index contributed by atoms with van der Waals surface area (Å²) < 4.78 is 5.95. The fourth-order valence-corrected chi connectivity index (χ4v) is 4.04. The van der Waals surface area contributed by atoms with Crippen LogP contribution in [-0.2, 0) is 11.3 Å². The largest absolute Gasteiger partial charge is 0.338 e. The maximum Gasteiger partial charge on any atom is 0.233 e. The first-order valence-corrected chi connectivity index (χ1v) is 11.1. The van der Waals surface area contributed by atoms with E-state index in [0.717, 1.165) is 48.6 Å². The Labute approximate surface area is 180 Å². The second-order valence-electron chi connectivity index (χ2n) is 8.94. The fraction of sp³-hybridized carbons (Fsp3) is 0.583. The number of hydrogen-bond acceptors (Lipinski definition) is 5. The molecule has 30 heavy (non-hydrogen) atoms. The van der Waals surface area contributed by atoms with Crippen molar-refractivity contribution in [3.05, 3.63) is 35.9 Å². The smallest absolute Gasteiger partial charge is 0.233 e. The lowest BCUT2D eigenvalue weighted by Gasteiger charge is -2.34. The fourth-order valence-electron chi connectivity index (χ4n) is 4.04. The zero-order chi connectivity index (χ0) is 21.7. The van der Waals surface area contributed by atoms with Crippen molar-refractivity contribution in [3.8, 4) is 11.3 Å². The van der Waals surface area contributed by atoms with Gasteiger partial charge in [-0.1, -0.05) is 49.3 Å². The van der Waals surface area contributed by atoms with Crippen molar-refractivity contribution in [1.82, 2.24) is 15.0 Å². The van der Waals surface area contributed by atoms with Crippen molar-refractivity contribution in [1.29, 1.82) is 0 Å². The van der Waals surface area contributed by atoms with Gasteiger partial charge in [0.15, 0.2) is 0 Å². The summed E-state index contributed by atoms with van der Waals surface area (Å²) in [4.78, 5) is 19.4. The van der Waals surface area contributed by atoms with E-state index in [1.165, 1.54) is 6.42 Å². The Hall–Kier alpha value is -2.34. The number of hydrogen-bond donors (Lipinski definition) is 0. The van der Waals surface area contributed by atoms with Gasteiger partial charge in [-0.15, -0.1) is 0 Å². The molecule has 1 fully saturated rings. The molecule has 0 aliphatic carbocycles. The second kappa shape index (κ2) is 10.1. The Morgan fingerprint density at radius 3 is 2.57 bits per heavy atom. The zero-order valence-electron chi connectivity index (χ0n) is 19.1. The third-order valence-electron chi connectivity index (χ3n) is 5.85. The van der Waals surface area contributed by atoms with E-state index >= 15 is 0 Å². The highest BCUT2D eigenvalue weighted by Gasteiger charge is 2.30. The molecular weight excluding hydrogens is 376 g/mol. The van der Waals surface area contributed by atoms with Crippen LogP contribution in [0.5, 0.6) is 0 Å². The number of benzene rings is 1. The van der Waals surface area contributed by atoms with E-state index in [1.54, 1.807) is 0 Å². The van der Waals surface area contributed by atoms with E-state index in [2.05, 4.69) is 34.0 Å². The van der Waals surface area contributed by atoms with Gasteiger partial charge in [-0.3, -0.25) is 4.79 Å². The number of carbonyl (C=O) groups excluding carboxylic acids is 1. The average Bonchev–Trinajstić information content (AvgIpc) is 3.14. The van der Waals surface area contributed by atoms with Gasteiger partial charge in [-0.05, 0) is 40.3 Å². The van der Waals surface area contributed by atoms with Crippen LogP contribution < -0.4 is 4.90 Å². The predicted octanol–water partition coefficient (Wildman–Crippen LogP) is 4.27. The third kappa shape index (κ3) is 5.22. The van der Waals surface area contributed by atoms with Gasteiger partial charge >= 0.3 is 0 Å². The number of aromatic nitrogens is 1. The molecule has 2 aromatic rings. The molecule has 1 atom stereocenters. The minimum atomic E-state index is -0.0513. The van der Waals surface area contributed by atoms with Crippen LogP contribution in [0.3, 0.4) is 0 Å². The Kier molecular flexibility index (Phi) is 7.53. The molecule has 1 aromatic heterocycles. The lowest BCUT2D eigenvalue weighted by Crippen LogP contribution is -2.40. The van der Waals surface area contributed by atoms with Gasteiger partial charge in [0.05, 0.1) is 12.1 Å². The Morgan fingerprint density at radius 1 is 1.20 bits per heavy atom. The molecule has 2 heterocycles. The predicted molar refractivity (Wildman–Crippen MR) is 121 cm³/mol. The third-order valence-corrected chi connectivity index (χ3v) is 5.85. The second-order valence-corrected chi connectivity index (χ2v) is 8.94. The summed E-state index contributed by atoms with van der Waals surface area (Å²) in [5.74, 6) is 0.937. The highest BCUT2D eigenvalue weighted by Crippen LogP contribution is 2.35. The summed E-state index contributed by atoms with van der Waals surface area (Å²) in [6.45, 7) is 9.15. The summed E-state index contributed by atoms with van der Waals surface area (Å²) in [6.07, 6.45) is 3.55. The van der Waals surface area contributed by atoms with Gasteiger partial charge in [0, 0.05) is 37.2 Å². The molecule has 1 amide bonds. The van der Waals surface area contributed by atoms with Gasteiger partial charge in [0.25, 0.3) is 0 Å². The van der Waals surface area contributed by atoms with Crippen LogP contribution in [0.15, 0.2) is 34.9 Å². The van der Waals surface area contributed by atoms with E-state index in [-0.39, 0.29) is 11.8 Å². The first-order valence-electron chi connectivity index (χ1n) is 11.1. The van der Waals surface area contributed by atoms with Crippen molar-refractivity contribution in [2.45, 2.75) is 52.6 Å². The monoisotopic (exact) mass is 412 g/mol. The number of piperidine rings is 1. The molecule has 1 saturated heterocycles. The lowest BCUT2D eigenvalue weighted by atomic mass is 10.0. The molecule has 0 saturated carbocycles. The van der Waals surface area contributed by atoms with Crippen LogP contribution >= 0.6 is 0 Å². The topological polar surface area (TPSA) is 52.8 Å². The van der Waals surface area contributed by atoms with E-state index in [0.29, 0.717) is 19.1 Å². The molecule has 6 nitrogen and oxygen atoms in total. The van der Waals surface area contributed by atoms with Crippen molar-refractivity contribution < 1.29 is 9.32 Å². The van der Waals surface area contributed by atoms with Gasteiger partial charge in [-0.25, -0.2) is 0 Å². The van der Waals surface area contributed by atoms with Crippen molar-refractivity contribution >= 4 is 11.8 Å². The van der Waals surface area contributed by atoms with Gasteiger partial charge in [0.2, 0.25) is 11.8 Å². The van der Waals surface area contributed by atoms with E-state index in [1.807, 2.05) is 51.0 Å². The minimum absolute atomic E-state index is 0.0513. The minimum Gasteiger partial charge on any atom is -0.338 e. The highest BCUT2D eigenvalue weighted by molar-refractivity contribution is 5.79. The first-order chi connectivity index (χ1) is 14.4. The summed E-state index contributed by atoms with van der Waals surface area (Å²) in [6, 6.07) is 10.5. The SMILES string of the molecule is CC(C)C(=O)N(CCN(C)C)Cc1c(-c2ccccc2)noc1N1CCCCC1C. The van der Waals surface area contributed by atoms with Crippen LogP contribution in [0.2, 0.25) is 0 Å². The maximum absolute atomic E-state index is 13.0. The molecule has 164 valence electrons. The molecule has 0 bridgehead atoms. The molecule has 1 aliphatic heterocycles. The quantitative estimate of drug-likeness (QED) is 0.648. The van der Waals surface area contributed by atoms with E-state index in [4.69, 9.17) is 4.52 Å². The number of likely N-dealkylation sites (N-methyl/N-ethyl adjacent to an activating group) is 1. The Bertz CT molecular complexity index is 816. The normalized spacial score (nSPS) is 17.0. The molecule has 1 aliphatic rings. The summed E-state index contributed by atoms with van der Waals surface area (Å²) >= 11 is 0. The molecule has 1 unspecified atom stereocenters. The highest BCUT2D eigenvalue weighted by atomic mass is 16.5. The molecular formula is C24H36N4O2. The van der Waals surface area contributed by atoms with Gasteiger partial charge < -0.3 is 19.2 Å². The number of rotatable bonds is 8. The van der Waals surface area contributed by atoms with Crippen LogP contribution in [0.1, 0.15) is 45.6 Å². The molecule has 6 heteroatoms. The number of amides is 1. The van der Waals surface area contributed by atoms with E-state index in [9.17, 15) is 4.79 Å². The molecule has 0 spiro atoms. The van der Waals surface area contributed by atoms with Crippen molar-refractivity contribution in [2.24, 2.45) is 5.92 Å². The molecule has 0 N–H and O–H groups in total. The average molecular weight is 413 g/mol. The summed E-state index contributed by atoms with van der Waals surface area (Å²) in [5, 5.41) is 4.48. The standard InChI is InChI=1S/C24H36N4O2/c1-18(2)23(29)27(16-15-26(4)5)17-21-22(20-12-7-6-8-13-20)25-30-24(21)28-14-10-9-11-19(28)3/h6-8,12-13,18-19H,9-11,14-17H2,1-5H3. The first kappa shape index (κ1) is 22.3. The van der Waals surface area contributed by atoms with Crippen molar-refractivity contribution in [3.63, 3.8) is 0 Å². The Balaban J connectivity index is 2.00. The summed E-state index contributed by atoms with van der Waals surface area (Å²) in [7, 11) is 4.07. The zero-order valence-corrected chi connectivity index (χ0v) is 19.1. The lowest BCUT2D eigenvalue weighted by molar-refractivity contribution is -0.135. The van der Waals surface area contributed by atoms with Gasteiger partial charge in [-0.2, -0.15) is 0 Å². The number of nitrogens with zero attached hydrogens (tertiary/aromatic N) is 4. The molecule has 1 aromatic carbocycles. The number of carbonyl (C=O) groups is 1. The summed E-state index contributed by atoms with van der Waals surface area (Å²) in [5.41, 5.74) is 2.88. The van der Waals surface area contributed by atoms with Crippen LogP contribution in [0.25, 0.3) is 11.3 Å². The van der Waals surface area contributed by atoms with E-state index < -0.39 is 0 Å². The van der Waals surface area contributed by atoms with Crippen LogP contribution in [0.4, 0.5) is 5.88 Å². The van der Waals surface area contributed by atoms with Crippen LogP contribution in [0, 0.1) is 5.92 Å². The van der Waals surface area contributed by atoms with Gasteiger partial charge in [0.1, 0.15) is 5.69 Å². The van der Waals surface area contributed by atoms with Crippen LogP contribution in [-0.4, -0.2) is 60.6 Å².